The molecule has 1 fully saturated rings. The first-order valence-electron chi connectivity index (χ1n) is 8.17. The molecule has 1 aromatic carbocycles. The van der Waals surface area contributed by atoms with Gasteiger partial charge in [0.2, 0.25) is 0 Å². The average Bonchev–Trinajstić information content (AvgIpc) is 2.49. The van der Waals surface area contributed by atoms with Crippen molar-refractivity contribution in [2.24, 2.45) is 5.92 Å². The van der Waals surface area contributed by atoms with E-state index in [0.717, 1.165) is 18.4 Å². The van der Waals surface area contributed by atoms with E-state index in [2.05, 4.69) is 24.4 Å². The Bertz CT molecular complexity index is 494. The molecule has 1 aromatic rings. The van der Waals surface area contributed by atoms with Crippen molar-refractivity contribution in [3.8, 4) is 0 Å². The quantitative estimate of drug-likeness (QED) is 0.869. The van der Waals surface area contributed by atoms with Crippen LogP contribution in [0, 0.1) is 5.92 Å². The lowest BCUT2D eigenvalue weighted by Crippen LogP contribution is -2.41. The Morgan fingerprint density at radius 1 is 1.05 bits per heavy atom. The maximum Gasteiger partial charge on any atom is 0.251 e. The van der Waals surface area contributed by atoms with E-state index < -0.39 is 0 Å². The SMILES string of the molecule is CC1CCCCC1NC(=O)c1ccc2c(c1)CCCC2. The highest BCUT2D eigenvalue weighted by Crippen LogP contribution is 2.25. The lowest BCUT2D eigenvalue weighted by Gasteiger charge is -2.29. The number of hydrogen-bond acceptors (Lipinski definition) is 1. The fourth-order valence-corrected chi connectivity index (χ4v) is 3.66. The van der Waals surface area contributed by atoms with Gasteiger partial charge in [-0.2, -0.15) is 0 Å². The first kappa shape index (κ1) is 13.7. The molecular formula is C18H25NO. The molecule has 0 saturated heterocycles. The summed E-state index contributed by atoms with van der Waals surface area (Å²) in [5.74, 6) is 0.738. The van der Waals surface area contributed by atoms with E-state index in [1.54, 1.807) is 0 Å². The van der Waals surface area contributed by atoms with Gasteiger partial charge >= 0.3 is 0 Å². The van der Waals surface area contributed by atoms with Gasteiger partial charge in [0.25, 0.3) is 5.91 Å². The van der Waals surface area contributed by atoms with Crippen molar-refractivity contribution >= 4 is 5.91 Å². The summed E-state index contributed by atoms with van der Waals surface area (Å²) in [5, 5.41) is 3.25. The first-order valence-corrected chi connectivity index (χ1v) is 8.17. The van der Waals surface area contributed by atoms with Crippen molar-refractivity contribution < 1.29 is 4.79 Å². The monoisotopic (exact) mass is 271 g/mol. The number of benzene rings is 1. The molecule has 0 aliphatic heterocycles. The van der Waals surface area contributed by atoms with Crippen molar-refractivity contribution in [2.75, 3.05) is 0 Å². The van der Waals surface area contributed by atoms with E-state index >= 15 is 0 Å². The van der Waals surface area contributed by atoms with Gasteiger partial charge in [-0.1, -0.05) is 25.8 Å². The number of rotatable bonds is 2. The number of aryl methyl sites for hydroxylation is 2. The van der Waals surface area contributed by atoms with Crippen LogP contribution in [-0.4, -0.2) is 11.9 Å². The first-order chi connectivity index (χ1) is 9.74. The Balaban J connectivity index is 1.70. The Morgan fingerprint density at radius 3 is 2.60 bits per heavy atom. The highest BCUT2D eigenvalue weighted by molar-refractivity contribution is 5.94. The number of fused-ring (bicyclic) bond motifs is 1. The van der Waals surface area contributed by atoms with Gasteiger partial charge in [0.05, 0.1) is 0 Å². The summed E-state index contributed by atoms with van der Waals surface area (Å²) < 4.78 is 0. The van der Waals surface area contributed by atoms with Gasteiger partial charge in [-0.15, -0.1) is 0 Å². The molecule has 0 radical (unpaired) electrons. The van der Waals surface area contributed by atoms with Crippen molar-refractivity contribution in [2.45, 2.75) is 64.3 Å². The molecule has 3 rings (SSSR count). The van der Waals surface area contributed by atoms with Gasteiger partial charge < -0.3 is 5.32 Å². The Kier molecular flexibility index (Phi) is 4.09. The zero-order valence-corrected chi connectivity index (χ0v) is 12.5. The Morgan fingerprint density at radius 2 is 1.80 bits per heavy atom. The van der Waals surface area contributed by atoms with Gasteiger partial charge in [0.1, 0.15) is 0 Å². The van der Waals surface area contributed by atoms with Gasteiger partial charge in [-0.25, -0.2) is 0 Å². The molecule has 2 aliphatic rings. The smallest absolute Gasteiger partial charge is 0.251 e. The van der Waals surface area contributed by atoms with Gasteiger partial charge in [0, 0.05) is 11.6 Å². The standard InChI is InChI=1S/C18H25NO/c1-13-6-2-5-9-17(13)19-18(20)16-11-10-14-7-3-4-8-15(14)12-16/h10-13,17H,2-9H2,1H3,(H,19,20). The number of amides is 1. The maximum absolute atomic E-state index is 12.4. The van der Waals surface area contributed by atoms with E-state index in [1.165, 1.54) is 49.7 Å². The molecule has 1 saturated carbocycles. The van der Waals surface area contributed by atoms with Crippen LogP contribution in [0.25, 0.3) is 0 Å². The third-order valence-electron chi connectivity index (χ3n) is 5.04. The summed E-state index contributed by atoms with van der Waals surface area (Å²) in [7, 11) is 0. The second kappa shape index (κ2) is 5.99. The highest BCUT2D eigenvalue weighted by atomic mass is 16.1. The second-order valence-electron chi connectivity index (χ2n) is 6.53. The Labute approximate surface area is 122 Å². The number of carbonyl (C=O) groups excluding carboxylic acids is 1. The van der Waals surface area contributed by atoms with Gasteiger partial charge in [-0.3, -0.25) is 4.79 Å². The zero-order valence-electron chi connectivity index (χ0n) is 12.5. The third kappa shape index (κ3) is 2.89. The van der Waals surface area contributed by atoms with E-state index in [4.69, 9.17) is 0 Å². The lowest BCUT2D eigenvalue weighted by atomic mass is 9.85. The normalized spacial score (nSPS) is 25.9. The van der Waals surface area contributed by atoms with Crippen LogP contribution >= 0.6 is 0 Å². The summed E-state index contributed by atoms with van der Waals surface area (Å²) >= 11 is 0. The van der Waals surface area contributed by atoms with Gasteiger partial charge in [0.15, 0.2) is 0 Å². The fourth-order valence-electron chi connectivity index (χ4n) is 3.66. The van der Waals surface area contributed by atoms with Crippen LogP contribution in [-0.2, 0) is 12.8 Å². The van der Waals surface area contributed by atoms with E-state index in [1.807, 2.05) is 6.07 Å². The summed E-state index contributed by atoms with van der Waals surface area (Å²) in [6, 6.07) is 6.66. The Hall–Kier alpha value is -1.31. The summed E-state index contributed by atoms with van der Waals surface area (Å²) in [4.78, 5) is 12.4. The van der Waals surface area contributed by atoms with Crippen LogP contribution < -0.4 is 5.32 Å². The second-order valence-corrected chi connectivity index (χ2v) is 6.53. The summed E-state index contributed by atoms with van der Waals surface area (Å²) in [6.07, 6.45) is 9.81. The lowest BCUT2D eigenvalue weighted by molar-refractivity contribution is 0.0910. The predicted molar refractivity (Wildman–Crippen MR) is 82.0 cm³/mol. The van der Waals surface area contributed by atoms with Crippen LogP contribution in [0.15, 0.2) is 18.2 Å². The zero-order chi connectivity index (χ0) is 13.9. The number of nitrogens with one attached hydrogen (secondary N) is 1. The topological polar surface area (TPSA) is 29.1 Å². The van der Waals surface area contributed by atoms with Crippen molar-refractivity contribution in [1.29, 1.82) is 0 Å². The molecule has 2 atom stereocenters. The maximum atomic E-state index is 12.4. The van der Waals surface area contributed by atoms with Crippen LogP contribution in [0.1, 0.15) is 66.9 Å². The molecule has 2 nitrogen and oxygen atoms in total. The molecular weight excluding hydrogens is 246 g/mol. The van der Waals surface area contributed by atoms with Crippen molar-refractivity contribution in [3.63, 3.8) is 0 Å². The molecule has 0 spiro atoms. The summed E-state index contributed by atoms with van der Waals surface area (Å²) in [5.41, 5.74) is 3.68. The largest absolute Gasteiger partial charge is 0.349 e. The average molecular weight is 271 g/mol. The molecule has 2 heteroatoms. The number of hydrogen-bond donors (Lipinski definition) is 1. The molecule has 0 heterocycles. The van der Waals surface area contributed by atoms with Gasteiger partial charge in [-0.05, 0) is 67.7 Å². The molecule has 1 amide bonds. The van der Waals surface area contributed by atoms with Crippen molar-refractivity contribution in [3.05, 3.63) is 34.9 Å². The molecule has 108 valence electrons. The third-order valence-corrected chi connectivity index (χ3v) is 5.04. The minimum atomic E-state index is 0.122. The van der Waals surface area contributed by atoms with Crippen LogP contribution in [0.4, 0.5) is 0 Å². The van der Waals surface area contributed by atoms with E-state index in [9.17, 15) is 4.79 Å². The molecule has 20 heavy (non-hydrogen) atoms. The fraction of sp³-hybridized carbons (Fsp3) is 0.611. The van der Waals surface area contributed by atoms with Crippen LogP contribution in [0.3, 0.4) is 0 Å². The number of carbonyl (C=O) groups is 1. The van der Waals surface area contributed by atoms with Crippen LogP contribution in [0.5, 0.6) is 0 Å². The molecule has 2 unspecified atom stereocenters. The molecule has 1 N–H and O–H groups in total. The van der Waals surface area contributed by atoms with Crippen molar-refractivity contribution in [1.82, 2.24) is 5.32 Å². The molecule has 0 bridgehead atoms. The van der Waals surface area contributed by atoms with E-state index in [0.29, 0.717) is 12.0 Å². The summed E-state index contributed by atoms with van der Waals surface area (Å²) in [6.45, 7) is 2.26. The highest BCUT2D eigenvalue weighted by Gasteiger charge is 2.23. The minimum absolute atomic E-state index is 0.122. The molecule has 0 aromatic heterocycles. The van der Waals surface area contributed by atoms with E-state index in [-0.39, 0.29) is 5.91 Å². The predicted octanol–water partition coefficient (Wildman–Crippen LogP) is 3.87. The van der Waals surface area contributed by atoms with Crippen LogP contribution in [0.2, 0.25) is 0 Å². The minimum Gasteiger partial charge on any atom is -0.349 e. The molecule has 2 aliphatic carbocycles.